The predicted molar refractivity (Wildman–Crippen MR) is 59.1 cm³/mol. The van der Waals surface area contributed by atoms with Crippen molar-refractivity contribution in [3.8, 4) is 0 Å². The van der Waals surface area contributed by atoms with E-state index in [1.54, 1.807) is 0 Å². The van der Waals surface area contributed by atoms with E-state index in [0.717, 1.165) is 0 Å². The minimum atomic E-state index is 0.709. The molecule has 14 heavy (non-hydrogen) atoms. The average molecular weight is 195 g/mol. The second kappa shape index (κ2) is 5.84. The van der Waals surface area contributed by atoms with Gasteiger partial charge >= 0.3 is 0 Å². The number of unbranched alkanes of at least 4 members (excludes halogenated alkanes) is 1. The molecule has 0 spiro atoms. The molecular formula is C12H23N2+. The summed E-state index contributed by atoms with van der Waals surface area (Å²) < 4.78 is 4.48. The summed E-state index contributed by atoms with van der Waals surface area (Å²) in [5.74, 6) is 0. The molecule has 1 heterocycles. The molecule has 0 aliphatic rings. The third-order valence-electron chi connectivity index (χ3n) is 2.72. The van der Waals surface area contributed by atoms with Gasteiger partial charge in [-0.05, 0) is 19.3 Å². The van der Waals surface area contributed by atoms with Gasteiger partial charge in [0, 0.05) is 0 Å². The highest BCUT2D eigenvalue weighted by Crippen LogP contribution is 2.19. The van der Waals surface area contributed by atoms with E-state index >= 15 is 0 Å². The Balaban J connectivity index is 2.57. The highest BCUT2D eigenvalue weighted by atomic mass is 15.1. The summed E-state index contributed by atoms with van der Waals surface area (Å²) in [5.41, 5.74) is 0. The third-order valence-corrected chi connectivity index (χ3v) is 2.72. The zero-order chi connectivity index (χ0) is 10.4. The summed E-state index contributed by atoms with van der Waals surface area (Å²) in [6, 6.07) is 0.709. The van der Waals surface area contributed by atoms with E-state index in [0.29, 0.717) is 6.04 Å². The van der Waals surface area contributed by atoms with Crippen LogP contribution in [-0.2, 0) is 7.05 Å². The zero-order valence-corrected chi connectivity index (χ0v) is 9.74. The molecule has 0 aliphatic heterocycles. The summed E-state index contributed by atoms with van der Waals surface area (Å²) in [6.07, 6.45) is 13.0. The topological polar surface area (TPSA) is 8.81 Å². The van der Waals surface area contributed by atoms with Crippen LogP contribution in [0.4, 0.5) is 0 Å². The normalized spacial score (nSPS) is 13.1. The zero-order valence-electron chi connectivity index (χ0n) is 9.74. The summed E-state index contributed by atoms with van der Waals surface area (Å²) in [4.78, 5) is 0. The first-order valence-corrected chi connectivity index (χ1v) is 5.80. The van der Waals surface area contributed by atoms with Crippen LogP contribution >= 0.6 is 0 Å². The van der Waals surface area contributed by atoms with Gasteiger partial charge in [-0.2, -0.15) is 0 Å². The fourth-order valence-electron chi connectivity index (χ4n) is 1.90. The van der Waals surface area contributed by atoms with Crippen LogP contribution in [0.1, 0.15) is 52.0 Å². The molecular weight excluding hydrogens is 172 g/mol. The van der Waals surface area contributed by atoms with Crippen LogP contribution in [0.5, 0.6) is 0 Å². The van der Waals surface area contributed by atoms with Gasteiger partial charge in [0.05, 0.1) is 7.05 Å². The van der Waals surface area contributed by atoms with Crippen LogP contribution in [0.2, 0.25) is 0 Å². The Hall–Kier alpha value is -0.790. The van der Waals surface area contributed by atoms with E-state index < -0.39 is 0 Å². The molecule has 1 aromatic rings. The molecule has 1 rings (SSSR count). The average Bonchev–Trinajstić information content (AvgIpc) is 2.59. The van der Waals surface area contributed by atoms with Gasteiger partial charge in [0.1, 0.15) is 18.4 Å². The van der Waals surface area contributed by atoms with Crippen molar-refractivity contribution in [2.45, 2.75) is 52.0 Å². The van der Waals surface area contributed by atoms with E-state index in [-0.39, 0.29) is 0 Å². The number of aromatic nitrogens is 2. The van der Waals surface area contributed by atoms with Crippen LogP contribution in [0.3, 0.4) is 0 Å². The maximum atomic E-state index is 2.36. The van der Waals surface area contributed by atoms with Crippen molar-refractivity contribution < 1.29 is 4.57 Å². The van der Waals surface area contributed by atoms with Crippen molar-refractivity contribution in [2.24, 2.45) is 7.05 Å². The quantitative estimate of drug-likeness (QED) is 0.617. The van der Waals surface area contributed by atoms with Gasteiger partial charge in [-0.25, -0.2) is 9.13 Å². The van der Waals surface area contributed by atoms with Gasteiger partial charge in [0.2, 0.25) is 6.33 Å². The monoisotopic (exact) mass is 195 g/mol. The molecule has 1 aromatic heterocycles. The maximum absolute atomic E-state index is 2.36. The summed E-state index contributed by atoms with van der Waals surface area (Å²) in [6.45, 7) is 4.53. The number of hydrogen-bond donors (Lipinski definition) is 0. The van der Waals surface area contributed by atoms with Crippen molar-refractivity contribution in [1.82, 2.24) is 4.57 Å². The highest BCUT2D eigenvalue weighted by molar-refractivity contribution is 4.75. The van der Waals surface area contributed by atoms with Crippen molar-refractivity contribution in [3.63, 3.8) is 0 Å². The Kier molecular flexibility index (Phi) is 4.71. The van der Waals surface area contributed by atoms with E-state index in [4.69, 9.17) is 0 Å². The molecule has 80 valence electrons. The molecule has 0 amide bonds. The largest absolute Gasteiger partial charge is 0.243 e. The van der Waals surface area contributed by atoms with Crippen LogP contribution in [0.15, 0.2) is 18.7 Å². The van der Waals surface area contributed by atoms with Gasteiger partial charge in [-0.3, -0.25) is 0 Å². The Labute approximate surface area is 87.6 Å². The highest BCUT2D eigenvalue weighted by Gasteiger charge is 2.14. The first kappa shape index (κ1) is 11.3. The summed E-state index contributed by atoms with van der Waals surface area (Å²) in [5, 5.41) is 0. The van der Waals surface area contributed by atoms with Gasteiger partial charge < -0.3 is 0 Å². The standard InChI is InChI=1S/C12H23N2/c1-4-6-8-12(7-5-2)14-10-9-13(3)11-14/h9-12H,4-8H2,1-3H3/q+1. The lowest BCUT2D eigenvalue weighted by atomic mass is 10.1. The maximum Gasteiger partial charge on any atom is 0.243 e. The van der Waals surface area contributed by atoms with Crippen LogP contribution in [-0.4, -0.2) is 4.57 Å². The van der Waals surface area contributed by atoms with E-state index in [9.17, 15) is 0 Å². The molecule has 0 saturated heterocycles. The molecule has 0 radical (unpaired) electrons. The Morgan fingerprint density at radius 1 is 1.21 bits per heavy atom. The molecule has 0 fully saturated rings. The van der Waals surface area contributed by atoms with Gasteiger partial charge in [0.25, 0.3) is 0 Å². The number of hydrogen-bond acceptors (Lipinski definition) is 0. The van der Waals surface area contributed by atoms with Crippen molar-refractivity contribution in [1.29, 1.82) is 0 Å². The van der Waals surface area contributed by atoms with Crippen molar-refractivity contribution in [2.75, 3.05) is 0 Å². The first-order chi connectivity index (χ1) is 6.77. The van der Waals surface area contributed by atoms with Crippen molar-refractivity contribution in [3.05, 3.63) is 18.7 Å². The summed E-state index contributed by atoms with van der Waals surface area (Å²) >= 11 is 0. The van der Waals surface area contributed by atoms with Gasteiger partial charge in [0.15, 0.2) is 0 Å². The number of nitrogens with zero attached hydrogens (tertiary/aromatic N) is 2. The lowest BCUT2D eigenvalue weighted by Crippen LogP contribution is -2.24. The van der Waals surface area contributed by atoms with Crippen LogP contribution < -0.4 is 4.57 Å². The Bertz CT molecular complexity index is 253. The second-order valence-corrected chi connectivity index (χ2v) is 4.11. The Morgan fingerprint density at radius 2 is 2.00 bits per heavy atom. The molecule has 0 aromatic carbocycles. The Morgan fingerprint density at radius 3 is 2.50 bits per heavy atom. The SMILES string of the molecule is CCCCC(CCC)n1cc[n+](C)c1. The first-order valence-electron chi connectivity index (χ1n) is 5.80. The molecule has 0 saturated carbocycles. The third kappa shape index (κ3) is 3.17. The summed E-state index contributed by atoms with van der Waals surface area (Å²) in [7, 11) is 2.08. The molecule has 0 bridgehead atoms. The fourth-order valence-corrected chi connectivity index (χ4v) is 1.90. The molecule has 0 N–H and O–H groups in total. The smallest absolute Gasteiger partial charge is 0.240 e. The number of rotatable bonds is 6. The van der Waals surface area contributed by atoms with E-state index in [2.05, 4.69) is 48.8 Å². The fraction of sp³-hybridized carbons (Fsp3) is 0.750. The number of aryl methyl sites for hydroxylation is 1. The van der Waals surface area contributed by atoms with Crippen LogP contribution in [0.25, 0.3) is 0 Å². The number of imidazole rings is 1. The van der Waals surface area contributed by atoms with Crippen LogP contribution in [0, 0.1) is 0 Å². The van der Waals surface area contributed by atoms with Crippen molar-refractivity contribution >= 4 is 0 Å². The van der Waals surface area contributed by atoms with Gasteiger partial charge in [-0.15, -0.1) is 0 Å². The minimum Gasteiger partial charge on any atom is -0.240 e. The molecule has 2 heteroatoms. The lowest BCUT2D eigenvalue weighted by Gasteiger charge is -2.11. The minimum absolute atomic E-state index is 0.709. The predicted octanol–water partition coefficient (Wildman–Crippen LogP) is 2.84. The molecule has 2 nitrogen and oxygen atoms in total. The molecule has 1 atom stereocenters. The molecule has 1 unspecified atom stereocenters. The van der Waals surface area contributed by atoms with E-state index in [1.165, 1.54) is 32.1 Å². The van der Waals surface area contributed by atoms with Gasteiger partial charge in [-0.1, -0.05) is 26.7 Å². The second-order valence-electron chi connectivity index (χ2n) is 4.11. The lowest BCUT2D eigenvalue weighted by molar-refractivity contribution is -0.671. The van der Waals surface area contributed by atoms with E-state index in [1.807, 2.05) is 0 Å². The molecule has 0 aliphatic carbocycles.